The molecule has 11 heavy (non-hydrogen) atoms. The molecule has 1 heteroatoms. The molecule has 0 spiro atoms. The van der Waals surface area contributed by atoms with E-state index in [2.05, 4.69) is 13.8 Å². The van der Waals surface area contributed by atoms with E-state index in [4.69, 9.17) is 0 Å². The maximum Gasteiger partial charge on any atom is 0.0890 e. The van der Waals surface area contributed by atoms with E-state index in [-0.39, 0.29) is 0 Å². The van der Waals surface area contributed by atoms with Crippen molar-refractivity contribution in [2.75, 3.05) is 0 Å². The number of aliphatic hydroxyl groups is 1. The van der Waals surface area contributed by atoms with Gasteiger partial charge in [-0.1, -0.05) is 44.6 Å². The molecule has 0 saturated heterocycles. The normalized spacial score (nSPS) is 32.3. The Morgan fingerprint density at radius 3 is 2.73 bits per heavy atom. The Morgan fingerprint density at radius 1 is 1.55 bits per heavy atom. The van der Waals surface area contributed by atoms with E-state index in [1.165, 1.54) is 0 Å². The van der Waals surface area contributed by atoms with Crippen LogP contribution in [0.25, 0.3) is 0 Å². The molecular formula is C10H16O. The molecule has 0 fully saturated rings. The smallest absolute Gasteiger partial charge is 0.0890 e. The lowest BCUT2D eigenvalue weighted by atomic mass is 9.82. The number of allylic oxidation sites excluding steroid dienone is 2. The third-order valence-corrected chi connectivity index (χ3v) is 2.54. The third kappa shape index (κ3) is 1.72. The molecule has 2 atom stereocenters. The maximum atomic E-state index is 10.0. The van der Waals surface area contributed by atoms with Crippen LogP contribution in [0.15, 0.2) is 24.3 Å². The second-order valence-corrected chi connectivity index (χ2v) is 3.29. The van der Waals surface area contributed by atoms with Crippen molar-refractivity contribution in [1.29, 1.82) is 0 Å². The summed E-state index contributed by atoms with van der Waals surface area (Å²) in [6.07, 6.45) is 9.62. The lowest BCUT2D eigenvalue weighted by molar-refractivity contribution is 0.0358. The summed E-state index contributed by atoms with van der Waals surface area (Å²) < 4.78 is 0. The van der Waals surface area contributed by atoms with Crippen molar-refractivity contribution in [3.8, 4) is 0 Å². The van der Waals surface area contributed by atoms with Gasteiger partial charge in [-0.2, -0.15) is 0 Å². The van der Waals surface area contributed by atoms with Gasteiger partial charge in [-0.3, -0.25) is 0 Å². The molecule has 62 valence electrons. The number of hydrogen-bond donors (Lipinski definition) is 1. The maximum absolute atomic E-state index is 10.0. The monoisotopic (exact) mass is 152 g/mol. The van der Waals surface area contributed by atoms with Gasteiger partial charge in [-0.05, 0) is 12.3 Å². The van der Waals surface area contributed by atoms with E-state index in [1.807, 2.05) is 24.3 Å². The lowest BCUT2D eigenvalue weighted by Gasteiger charge is -2.31. The summed E-state index contributed by atoms with van der Waals surface area (Å²) in [6.45, 7) is 4.19. The van der Waals surface area contributed by atoms with Gasteiger partial charge in [0.15, 0.2) is 0 Å². The van der Waals surface area contributed by atoms with E-state index < -0.39 is 5.60 Å². The zero-order valence-corrected chi connectivity index (χ0v) is 7.25. The fraction of sp³-hybridized carbons (Fsp3) is 0.600. The summed E-state index contributed by atoms with van der Waals surface area (Å²) in [4.78, 5) is 0. The Morgan fingerprint density at radius 2 is 2.27 bits per heavy atom. The van der Waals surface area contributed by atoms with Crippen LogP contribution in [-0.2, 0) is 0 Å². The van der Waals surface area contributed by atoms with Gasteiger partial charge in [0.1, 0.15) is 0 Å². The summed E-state index contributed by atoms with van der Waals surface area (Å²) in [7, 11) is 0. The van der Waals surface area contributed by atoms with Gasteiger partial charge in [0, 0.05) is 0 Å². The van der Waals surface area contributed by atoms with Crippen molar-refractivity contribution < 1.29 is 5.11 Å². The summed E-state index contributed by atoms with van der Waals surface area (Å²) in [5.74, 6) is 0.351. The van der Waals surface area contributed by atoms with E-state index >= 15 is 0 Å². The van der Waals surface area contributed by atoms with Crippen molar-refractivity contribution in [1.82, 2.24) is 0 Å². The Labute approximate surface area is 68.4 Å². The van der Waals surface area contributed by atoms with E-state index in [0.717, 1.165) is 12.8 Å². The summed E-state index contributed by atoms with van der Waals surface area (Å²) in [6, 6.07) is 0. The van der Waals surface area contributed by atoms with E-state index in [9.17, 15) is 5.11 Å². The van der Waals surface area contributed by atoms with Crippen LogP contribution < -0.4 is 0 Å². The van der Waals surface area contributed by atoms with Crippen LogP contribution in [0.1, 0.15) is 26.7 Å². The fourth-order valence-corrected chi connectivity index (χ4v) is 1.34. The van der Waals surface area contributed by atoms with Crippen LogP contribution in [0, 0.1) is 5.92 Å². The summed E-state index contributed by atoms with van der Waals surface area (Å²) in [5, 5.41) is 10.0. The van der Waals surface area contributed by atoms with Gasteiger partial charge in [-0.15, -0.1) is 0 Å². The van der Waals surface area contributed by atoms with Crippen LogP contribution >= 0.6 is 0 Å². The zero-order valence-electron chi connectivity index (χ0n) is 7.25. The molecule has 1 aliphatic rings. The zero-order chi connectivity index (χ0) is 8.32. The first-order chi connectivity index (χ1) is 5.19. The Kier molecular flexibility index (Phi) is 2.50. The van der Waals surface area contributed by atoms with Gasteiger partial charge in [0.2, 0.25) is 0 Å². The van der Waals surface area contributed by atoms with Crippen molar-refractivity contribution in [3.05, 3.63) is 24.3 Å². The summed E-state index contributed by atoms with van der Waals surface area (Å²) >= 11 is 0. The van der Waals surface area contributed by atoms with Crippen LogP contribution in [0.5, 0.6) is 0 Å². The highest BCUT2D eigenvalue weighted by Gasteiger charge is 2.28. The van der Waals surface area contributed by atoms with Crippen LogP contribution in [-0.4, -0.2) is 10.7 Å². The molecule has 0 amide bonds. The van der Waals surface area contributed by atoms with Gasteiger partial charge in [-0.25, -0.2) is 0 Å². The second kappa shape index (κ2) is 3.22. The molecule has 0 heterocycles. The second-order valence-electron chi connectivity index (χ2n) is 3.29. The molecule has 0 aromatic heterocycles. The molecule has 1 rings (SSSR count). The molecular weight excluding hydrogens is 136 g/mol. The first-order valence-electron chi connectivity index (χ1n) is 4.26. The average molecular weight is 152 g/mol. The predicted octanol–water partition coefficient (Wildman–Crippen LogP) is 2.28. The van der Waals surface area contributed by atoms with Crippen LogP contribution in [0.3, 0.4) is 0 Å². The average Bonchev–Trinajstić information content (AvgIpc) is 2.04. The van der Waals surface area contributed by atoms with Gasteiger partial charge in [0.05, 0.1) is 5.60 Å². The Hall–Kier alpha value is -0.560. The molecule has 0 radical (unpaired) electrons. The molecule has 0 aromatic carbocycles. The van der Waals surface area contributed by atoms with Gasteiger partial charge >= 0.3 is 0 Å². The van der Waals surface area contributed by atoms with Crippen molar-refractivity contribution in [3.63, 3.8) is 0 Å². The van der Waals surface area contributed by atoms with Crippen LogP contribution in [0.4, 0.5) is 0 Å². The Bertz CT molecular complexity index is 181. The SMILES string of the molecule is CC[C@@H](C)[C@]1(O)C=CC=CC1. The minimum absolute atomic E-state index is 0.351. The Balaban J connectivity index is 2.67. The molecule has 0 unspecified atom stereocenters. The quantitative estimate of drug-likeness (QED) is 0.643. The first kappa shape index (κ1) is 8.54. The molecule has 0 saturated carbocycles. The third-order valence-electron chi connectivity index (χ3n) is 2.54. The fourth-order valence-electron chi connectivity index (χ4n) is 1.34. The summed E-state index contributed by atoms with van der Waals surface area (Å²) in [5.41, 5.74) is -0.580. The minimum Gasteiger partial charge on any atom is -0.385 e. The molecule has 0 aliphatic heterocycles. The topological polar surface area (TPSA) is 20.2 Å². The van der Waals surface area contributed by atoms with Crippen molar-refractivity contribution in [2.24, 2.45) is 5.92 Å². The van der Waals surface area contributed by atoms with Gasteiger partial charge in [0.25, 0.3) is 0 Å². The molecule has 1 nitrogen and oxygen atoms in total. The molecule has 1 aliphatic carbocycles. The number of rotatable bonds is 2. The molecule has 1 N–H and O–H groups in total. The van der Waals surface area contributed by atoms with Gasteiger partial charge < -0.3 is 5.11 Å². The standard InChI is InChI=1S/C10H16O/c1-3-9(2)10(11)7-5-4-6-8-10/h4-7,9,11H,3,8H2,1-2H3/t9-,10+/m1/s1. The lowest BCUT2D eigenvalue weighted by Crippen LogP contribution is -2.34. The highest BCUT2D eigenvalue weighted by atomic mass is 16.3. The highest BCUT2D eigenvalue weighted by molar-refractivity contribution is 5.18. The highest BCUT2D eigenvalue weighted by Crippen LogP contribution is 2.28. The van der Waals surface area contributed by atoms with Crippen molar-refractivity contribution >= 4 is 0 Å². The predicted molar refractivity (Wildman–Crippen MR) is 47.3 cm³/mol. The molecule has 0 aromatic rings. The largest absolute Gasteiger partial charge is 0.385 e. The van der Waals surface area contributed by atoms with Crippen LogP contribution in [0.2, 0.25) is 0 Å². The van der Waals surface area contributed by atoms with E-state index in [0.29, 0.717) is 5.92 Å². The van der Waals surface area contributed by atoms with Crippen molar-refractivity contribution in [2.45, 2.75) is 32.3 Å². The number of hydrogen-bond acceptors (Lipinski definition) is 1. The van der Waals surface area contributed by atoms with E-state index in [1.54, 1.807) is 0 Å². The minimum atomic E-state index is -0.580. The molecule has 0 bridgehead atoms. The first-order valence-corrected chi connectivity index (χ1v) is 4.26.